The maximum absolute atomic E-state index is 12.3. The fourth-order valence-corrected chi connectivity index (χ4v) is 2.82. The van der Waals surface area contributed by atoms with Gasteiger partial charge in [-0.1, -0.05) is 12.1 Å². The van der Waals surface area contributed by atoms with Crippen LogP contribution in [0.15, 0.2) is 24.3 Å². The second-order valence-electron chi connectivity index (χ2n) is 6.00. The number of benzene rings is 1. The van der Waals surface area contributed by atoms with E-state index in [1.807, 2.05) is 18.2 Å². The van der Waals surface area contributed by atoms with Crippen molar-refractivity contribution in [2.24, 2.45) is 0 Å². The van der Waals surface area contributed by atoms with Crippen LogP contribution < -0.4 is 15.4 Å². The molecule has 0 radical (unpaired) electrons. The van der Waals surface area contributed by atoms with Gasteiger partial charge in [-0.05, 0) is 31.4 Å². The van der Waals surface area contributed by atoms with Crippen LogP contribution in [0.25, 0.3) is 0 Å². The molecule has 2 saturated heterocycles. The summed E-state index contributed by atoms with van der Waals surface area (Å²) in [5.74, 6) is 0.469. The number of carbonyl (C=O) groups excluding carboxylic acids is 2. The van der Waals surface area contributed by atoms with Crippen molar-refractivity contribution < 1.29 is 19.1 Å². The van der Waals surface area contributed by atoms with Crippen molar-refractivity contribution in [2.75, 3.05) is 38.2 Å². The van der Waals surface area contributed by atoms with Gasteiger partial charge in [-0.3, -0.25) is 4.79 Å². The Morgan fingerprint density at radius 2 is 2.25 bits per heavy atom. The van der Waals surface area contributed by atoms with E-state index in [2.05, 4.69) is 10.6 Å². The zero-order valence-corrected chi connectivity index (χ0v) is 13.6. The molecule has 2 fully saturated rings. The van der Waals surface area contributed by atoms with Crippen molar-refractivity contribution in [1.82, 2.24) is 10.2 Å². The minimum absolute atomic E-state index is 0.0742. The summed E-state index contributed by atoms with van der Waals surface area (Å²) in [5.41, 5.74) is 0.601. The number of carbonyl (C=O) groups is 2. The van der Waals surface area contributed by atoms with Crippen molar-refractivity contribution in [2.45, 2.75) is 25.4 Å². The maximum Gasteiger partial charge on any atom is 0.322 e. The topological polar surface area (TPSA) is 79.9 Å². The van der Waals surface area contributed by atoms with Crippen LogP contribution >= 0.6 is 0 Å². The second kappa shape index (κ2) is 8.01. The molecule has 2 N–H and O–H groups in total. The Morgan fingerprint density at radius 3 is 3.04 bits per heavy atom. The Labute approximate surface area is 141 Å². The molecule has 0 spiro atoms. The molecule has 2 aliphatic heterocycles. The molecule has 0 aliphatic carbocycles. The summed E-state index contributed by atoms with van der Waals surface area (Å²) < 4.78 is 11.5. The van der Waals surface area contributed by atoms with E-state index in [4.69, 9.17) is 9.47 Å². The van der Waals surface area contributed by atoms with Crippen LogP contribution in [0.2, 0.25) is 0 Å². The predicted octanol–water partition coefficient (Wildman–Crippen LogP) is 1.60. The fourth-order valence-electron chi connectivity index (χ4n) is 2.82. The lowest BCUT2D eigenvalue weighted by molar-refractivity contribution is -0.123. The Morgan fingerprint density at radius 1 is 1.38 bits per heavy atom. The Bertz CT molecular complexity index is 587. The zero-order chi connectivity index (χ0) is 16.8. The van der Waals surface area contributed by atoms with Gasteiger partial charge in [-0.25, -0.2) is 4.79 Å². The average Bonchev–Trinajstić information content (AvgIpc) is 2.62. The Balaban J connectivity index is 1.58. The number of hydrogen-bond acceptors (Lipinski definition) is 4. The second-order valence-corrected chi connectivity index (χ2v) is 6.00. The van der Waals surface area contributed by atoms with Crippen LogP contribution in [-0.2, 0) is 9.53 Å². The molecule has 2 heterocycles. The highest BCUT2D eigenvalue weighted by Crippen LogP contribution is 2.25. The molecule has 130 valence electrons. The summed E-state index contributed by atoms with van der Waals surface area (Å²) in [7, 11) is 0. The van der Waals surface area contributed by atoms with Gasteiger partial charge in [0.1, 0.15) is 18.9 Å². The summed E-state index contributed by atoms with van der Waals surface area (Å²) in [6.45, 7) is 2.30. The van der Waals surface area contributed by atoms with E-state index >= 15 is 0 Å². The Kier molecular flexibility index (Phi) is 5.53. The summed E-state index contributed by atoms with van der Waals surface area (Å²) in [4.78, 5) is 25.2. The van der Waals surface area contributed by atoms with Gasteiger partial charge in [-0.15, -0.1) is 0 Å². The highest BCUT2D eigenvalue weighted by atomic mass is 16.5. The van der Waals surface area contributed by atoms with Gasteiger partial charge in [0, 0.05) is 19.7 Å². The number of piperazine rings is 1. The summed E-state index contributed by atoms with van der Waals surface area (Å²) in [6, 6.07) is 7.01. The lowest BCUT2D eigenvalue weighted by Gasteiger charge is -2.27. The molecule has 1 atom stereocenters. The van der Waals surface area contributed by atoms with Crippen molar-refractivity contribution >= 4 is 17.6 Å². The smallest absolute Gasteiger partial charge is 0.322 e. The monoisotopic (exact) mass is 333 g/mol. The molecule has 24 heavy (non-hydrogen) atoms. The number of anilines is 1. The summed E-state index contributed by atoms with van der Waals surface area (Å²) in [6.07, 6.45) is 3.36. The third-order valence-electron chi connectivity index (χ3n) is 4.15. The minimum atomic E-state index is -0.296. The number of nitrogens with zero attached hydrogens (tertiary/aromatic N) is 1. The molecular weight excluding hydrogens is 310 g/mol. The lowest BCUT2D eigenvalue weighted by Crippen LogP contribution is -2.51. The number of nitrogens with one attached hydrogen (secondary N) is 2. The molecule has 3 amide bonds. The van der Waals surface area contributed by atoms with Crippen LogP contribution in [0.1, 0.15) is 19.3 Å². The largest absolute Gasteiger partial charge is 0.489 e. The maximum atomic E-state index is 12.3. The van der Waals surface area contributed by atoms with Crippen molar-refractivity contribution in [3.05, 3.63) is 24.3 Å². The Hall–Kier alpha value is -2.28. The van der Waals surface area contributed by atoms with Crippen LogP contribution in [0.4, 0.5) is 10.5 Å². The van der Waals surface area contributed by atoms with Gasteiger partial charge in [0.25, 0.3) is 0 Å². The van der Waals surface area contributed by atoms with E-state index in [1.165, 1.54) is 4.90 Å². The molecule has 7 heteroatoms. The molecule has 1 aromatic rings. The molecule has 0 saturated carbocycles. The SMILES string of the molecule is O=C1CN(C(=O)Nc2ccccc2OCC2CCCCO2)CCN1. The van der Waals surface area contributed by atoms with Gasteiger partial charge in [0.05, 0.1) is 11.8 Å². The molecule has 0 bridgehead atoms. The zero-order valence-electron chi connectivity index (χ0n) is 13.6. The summed E-state index contributed by atoms with van der Waals surface area (Å²) in [5, 5.41) is 5.53. The summed E-state index contributed by atoms with van der Waals surface area (Å²) >= 11 is 0. The van der Waals surface area contributed by atoms with E-state index in [0.717, 1.165) is 25.9 Å². The van der Waals surface area contributed by atoms with E-state index in [1.54, 1.807) is 6.07 Å². The van der Waals surface area contributed by atoms with Crippen LogP contribution in [0.3, 0.4) is 0 Å². The van der Waals surface area contributed by atoms with Gasteiger partial charge < -0.3 is 25.0 Å². The predicted molar refractivity (Wildman–Crippen MR) is 89.1 cm³/mol. The average molecular weight is 333 g/mol. The van der Waals surface area contributed by atoms with E-state index in [-0.39, 0.29) is 24.6 Å². The molecule has 3 rings (SSSR count). The molecular formula is C17H23N3O4. The first-order chi connectivity index (χ1) is 11.7. The number of para-hydroxylation sites is 2. The lowest BCUT2D eigenvalue weighted by atomic mass is 10.1. The highest BCUT2D eigenvalue weighted by Gasteiger charge is 2.22. The minimum Gasteiger partial charge on any atom is -0.489 e. The highest BCUT2D eigenvalue weighted by molar-refractivity contribution is 5.94. The molecule has 0 aromatic heterocycles. The first-order valence-corrected chi connectivity index (χ1v) is 8.38. The van der Waals surface area contributed by atoms with Crippen LogP contribution in [0.5, 0.6) is 5.75 Å². The third-order valence-corrected chi connectivity index (χ3v) is 4.15. The van der Waals surface area contributed by atoms with E-state index in [9.17, 15) is 9.59 Å². The van der Waals surface area contributed by atoms with Gasteiger partial charge >= 0.3 is 6.03 Å². The van der Waals surface area contributed by atoms with Crippen molar-refractivity contribution in [3.63, 3.8) is 0 Å². The standard InChI is InChI=1S/C17H23N3O4/c21-16-11-20(9-8-18-16)17(22)19-14-6-1-2-7-15(14)24-12-13-5-3-4-10-23-13/h1-2,6-7,13H,3-5,8-12H2,(H,18,21)(H,19,22). The van der Waals surface area contributed by atoms with E-state index in [0.29, 0.717) is 31.1 Å². The number of ether oxygens (including phenoxy) is 2. The van der Waals surface area contributed by atoms with Gasteiger partial charge in [-0.2, -0.15) is 0 Å². The number of rotatable bonds is 4. The van der Waals surface area contributed by atoms with Gasteiger partial charge in [0.15, 0.2) is 0 Å². The van der Waals surface area contributed by atoms with E-state index < -0.39 is 0 Å². The van der Waals surface area contributed by atoms with Gasteiger partial charge in [0.2, 0.25) is 5.91 Å². The quantitative estimate of drug-likeness (QED) is 0.877. The molecule has 1 aromatic carbocycles. The van der Waals surface area contributed by atoms with Crippen LogP contribution in [-0.4, -0.2) is 55.8 Å². The normalized spacial score (nSPS) is 21.1. The molecule has 2 aliphatic rings. The molecule has 1 unspecified atom stereocenters. The number of amides is 3. The van der Waals surface area contributed by atoms with Crippen molar-refractivity contribution in [3.8, 4) is 5.75 Å². The van der Waals surface area contributed by atoms with Crippen molar-refractivity contribution in [1.29, 1.82) is 0 Å². The first-order valence-electron chi connectivity index (χ1n) is 8.38. The first kappa shape index (κ1) is 16.6. The number of hydrogen-bond donors (Lipinski definition) is 2. The third kappa shape index (κ3) is 4.38. The number of urea groups is 1. The fraction of sp³-hybridized carbons (Fsp3) is 0.529. The van der Waals surface area contributed by atoms with Crippen LogP contribution in [0, 0.1) is 0 Å². The molecule has 7 nitrogen and oxygen atoms in total.